The zero-order valence-electron chi connectivity index (χ0n) is 17.9. The van der Waals surface area contributed by atoms with Crippen molar-refractivity contribution in [2.24, 2.45) is 0 Å². The molecule has 0 spiro atoms. The highest BCUT2D eigenvalue weighted by molar-refractivity contribution is 5.37. The smallest absolute Gasteiger partial charge is 0.0995 e. The zero-order chi connectivity index (χ0) is 21.5. The van der Waals surface area contributed by atoms with Crippen molar-refractivity contribution in [3.63, 3.8) is 0 Å². The van der Waals surface area contributed by atoms with Crippen LogP contribution in [0.3, 0.4) is 0 Å². The Labute approximate surface area is 184 Å². The lowest BCUT2D eigenvalue weighted by Crippen LogP contribution is -2.24. The Morgan fingerprint density at radius 2 is 1.45 bits per heavy atom. The van der Waals surface area contributed by atoms with E-state index in [0.29, 0.717) is 0 Å². The Morgan fingerprint density at radius 3 is 2.23 bits per heavy atom. The maximum absolute atomic E-state index is 9.54. The van der Waals surface area contributed by atoms with E-state index >= 15 is 0 Å². The monoisotopic (exact) mass is 405 g/mol. The molecule has 0 bridgehead atoms. The van der Waals surface area contributed by atoms with Gasteiger partial charge in [0, 0.05) is 38.1 Å². The fraction of sp³-hybridized carbons (Fsp3) is 0.179. The number of aryl methyl sites for hydroxylation is 1. The minimum absolute atomic E-state index is 0.730. The molecule has 1 heterocycles. The molecule has 0 atom stereocenters. The SMILES string of the molecule is Cc1ccccc1Cn1cccc1CN(Cc1ccccc1)Cc1ccccc1C#N. The van der Waals surface area contributed by atoms with Crippen LogP contribution in [0.25, 0.3) is 0 Å². The molecule has 3 heteroatoms. The van der Waals surface area contributed by atoms with Crippen molar-refractivity contribution in [3.05, 3.63) is 131 Å². The summed E-state index contributed by atoms with van der Waals surface area (Å²) in [6.45, 7) is 5.40. The molecule has 0 radical (unpaired) electrons. The Balaban J connectivity index is 1.59. The lowest BCUT2D eigenvalue weighted by molar-refractivity contribution is 0.241. The number of rotatable bonds is 8. The van der Waals surface area contributed by atoms with Gasteiger partial charge in [0.15, 0.2) is 0 Å². The van der Waals surface area contributed by atoms with E-state index in [1.54, 1.807) is 0 Å². The average Bonchev–Trinajstić information content (AvgIpc) is 3.23. The Hall–Kier alpha value is -3.61. The van der Waals surface area contributed by atoms with Gasteiger partial charge in [0.1, 0.15) is 0 Å². The van der Waals surface area contributed by atoms with Crippen molar-refractivity contribution in [1.29, 1.82) is 5.26 Å². The molecular formula is C28H27N3. The minimum Gasteiger partial charge on any atom is -0.346 e. The van der Waals surface area contributed by atoms with Gasteiger partial charge in [0.25, 0.3) is 0 Å². The van der Waals surface area contributed by atoms with E-state index in [1.807, 2.05) is 24.3 Å². The molecule has 3 nitrogen and oxygen atoms in total. The van der Waals surface area contributed by atoms with Crippen molar-refractivity contribution in [1.82, 2.24) is 9.47 Å². The second-order valence-corrected chi connectivity index (χ2v) is 7.95. The minimum atomic E-state index is 0.730. The van der Waals surface area contributed by atoms with Crippen LogP contribution in [0.4, 0.5) is 0 Å². The van der Waals surface area contributed by atoms with E-state index in [-0.39, 0.29) is 0 Å². The van der Waals surface area contributed by atoms with Gasteiger partial charge in [0.05, 0.1) is 11.6 Å². The van der Waals surface area contributed by atoms with Crippen molar-refractivity contribution in [3.8, 4) is 6.07 Å². The molecule has 0 unspecified atom stereocenters. The lowest BCUT2D eigenvalue weighted by atomic mass is 10.1. The van der Waals surface area contributed by atoms with Crippen molar-refractivity contribution in [2.75, 3.05) is 0 Å². The summed E-state index contributed by atoms with van der Waals surface area (Å²) < 4.78 is 2.33. The highest BCUT2D eigenvalue weighted by Crippen LogP contribution is 2.18. The molecule has 0 saturated carbocycles. The van der Waals surface area contributed by atoms with Crippen LogP contribution in [0.5, 0.6) is 0 Å². The highest BCUT2D eigenvalue weighted by Gasteiger charge is 2.13. The summed E-state index contributed by atoms with van der Waals surface area (Å²) in [5, 5.41) is 9.54. The first-order chi connectivity index (χ1) is 15.2. The molecule has 4 aromatic rings. The van der Waals surface area contributed by atoms with Gasteiger partial charge >= 0.3 is 0 Å². The molecule has 154 valence electrons. The van der Waals surface area contributed by atoms with E-state index in [4.69, 9.17) is 0 Å². The third-order valence-electron chi connectivity index (χ3n) is 5.69. The standard InChI is InChI=1S/C28H27N3/c1-23-10-5-6-14-26(23)21-31-17-9-16-28(31)22-30(19-24-11-3-2-4-12-24)20-27-15-8-7-13-25(27)18-29/h2-17H,19-22H2,1H3. The quantitative estimate of drug-likeness (QED) is 0.364. The Morgan fingerprint density at radius 1 is 0.742 bits per heavy atom. The van der Waals surface area contributed by atoms with E-state index < -0.39 is 0 Å². The van der Waals surface area contributed by atoms with E-state index in [1.165, 1.54) is 22.4 Å². The summed E-state index contributed by atoms with van der Waals surface area (Å²) in [5.41, 5.74) is 7.01. The van der Waals surface area contributed by atoms with E-state index in [9.17, 15) is 5.26 Å². The van der Waals surface area contributed by atoms with Crippen LogP contribution in [-0.4, -0.2) is 9.47 Å². The van der Waals surface area contributed by atoms with Gasteiger partial charge in [-0.05, 0) is 47.4 Å². The average molecular weight is 406 g/mol. The van der Waals surface area contributed by atoms with Gasteiger partial charge in [-0.15, -0.1) is 0 Å². The number of hydrogen-bond donors (Lipinski definition) is 0. The van der Waals surface area contributed by atoms with Crippen molar-refractivity contribution < 1.29 is 0 Å². The van der Waals surface area contributed by atoms with Gasteiger partial charge in [0.2, 0.25) is 0 Å². The topological polar surface area (TPSA) is 32.0 Å². The number of nitrogens with zero attached hydrogens (tertiary/aromatic N) is 3. The summed E-state index contributed by atoms with van der Waals surface area (Å²) in [6, 6.07) is 33.7. The Kier molecular flexibility index (Phi) is 6.62. The molecule has 0 aliphatic carbocycles. The summed E-state index contributed by atoms with van der Waals surface area (Å²) in [6.07, 6.45) is 2.16. The van der Waals surface area contributed by atoms with E-state index in [0.717, 1.165) is 37.3 Å². The van der Waals surface area contributed by atoms with Gasteiger partial charge in [-0.3, -0.25) is 4.90 Å². The number of benzene rings is 3. The highest BCUT2D eigenvalue weighted by atomic mass is 15.1. The fourth-order valence-electron chi connectivity index (χ4n) is 3.96. The molecule has 0 aliphatic heterocycles. The molecule has 0 aliphatic rings. The maximum Gasteiger partial charge on any atom is 0.0995 e. The second-order valence-electron chi connectivity index (χ2n) is 7.95. The molecule has 0 N–H and O–H groups in total. The van der Waals surface area contributed by atoms with Crippen LogP contribution in [-0.2, 0) is 26.2 Å². The zero-order valence-corrected chi connectivity index (χ0v) is 17.9. The lowest BCUT2D eigenvalue weighted by Gasteiger charge is -2.24. The molecule has 4 rings (SSSR count). The van der Waals surface area contributed by atoms with E-state index in [2.05, 4.69) is 95.4 Å². The summed E-state index contributed by atoms with van der Waals surface area (Å²) in [4.78, 5) is 2.41. The molecule has 0 saturated heterocycles. The predicted molar refractivity (Wildman–Crippen MR) is 125 cm³/mol. The third-order valence-corrected chi connectivity index (χ3v) is 5.69. The van der Waals surface area contributed by atoms with Crippen LogP contribution in [0.2, 0.25) is 0 Å². The molecule has 1 aromatic heterocycles. The molecule has 31 heavy (non-hydrogen) atoms. The van der Waals surface area contributed by atoms with Gasteiger partial charge in [-0.2, -0.15) is 5.26 Å². The Bertz CT molecular complexity index is 1170. The van der Waals surface area contributed by atoms with Crippen LogP contribution < -0.4 is 0 Å². The normalized spacial score (nSPS) is 10.9. The first kappa shape index (κ1) is 20.7. The summed E-state index contributed by atoms with van der Waals surface area (Å²) in [5.74, 6) is 0. The first-order valence-corrected chi connectivity index (χ1v) is 10.7. The fourth-order valence-corrected chi connectivity index (χ4v) is 3.96. The number of nitriles is 1. The first-order valence-electron chi connectivity index (χ1n) is 10.7. The summed E-state index contributed by atoms with van der Waals surface area (Å²) in [7, 11) is 0. The largest absolute Gasteiger partial charge is 0.346 e. The van der Waals surface area contributed by atoms with Crippen LogP contribution in [0.15, 0.2) is 97.2 Å². The second kappa shape index (κ2) is 9.93. The molecule has 0 fully saturated rings. The molecule has 3 aromatic carbocycles. The van der Waals surface area contributed by atoms with Crippen molar-refractivity contribution >= 4 is 0 Å². The molecular weight excluding hydrogens is 378 g/mol. The number of hydrogen-bond acceptors (Lipinski definition) is 2. The third kappa shape index (κ3) is 5.31. The van der Waals surface area contributed by atoms with Gasteiger partial charge in [-0.1, -0.05) is 72.8 Å². The van der Waals surface area contributed by atoms with Crippen LogP contribution >= 0.6 is 0 Å². The van der Waals surface area contributed by atoms with Crippen LogP contribution in [0.1, 0.15) is 33.5 Å². The van der Waals surface area contributed by atoms with Crippen LogP contribution in [0, 0.1) is 18.3 Å². The predicted octanol–water partition coefficient (Wildman–Crippen LogP) is 5.92. The summed E-state index contributed by atoms with van der Waals surface area (Å²) >= 11 is 0. The van der Waals surface area contributed by atoms with Gasteiger partial charge in [-0.25, -0.2) is 0 Å². The van der Waals surface area contributed by atoms with Gasteiger partial charge < -0.3 is 4.57 Å². The van der Waals surface area contributed by atoms with Crippen molar-refractivity contribution in [2.45, 2.75) is 33.1 Å². The number of aromatic nitrogens is 1. The maximum atomic E-state index is 9.54. The molecule has 0 amide bonds.